The van der Waals surface area contributed by atoms with Gasteiger partial charge in [-0.15, -0.1) is 0 Å². The number of hydrogen-bond acceptors (Lipinski definition) is 2. The van der Waals surface area contributed by atoms with Crippen molar-refractivity contribution in [2.45, 2.75) is 38.3 Å². The van der Waals surface area contributed by atoms with Gasteiger partial charge in [0.25, 0.3) is 0 Å². The lowest BCUT2D eigenvalue weighted by Crippen LogP contribution is -2.19. The standard InChI is InChI=1S/C13H18FNO/c1-9-8-10(2-5-12(9)14)13(16)6-7-15-11-3-4-11/h2,5,8,11,13,15-16H,3-4,6-7H2,1H3. The van der Waals surface area contributed by atoms with Gasteiger partial charge in [-0.3, -0.25) is 0 Å². The zero-order valence-electron chi connectivity index (χ0n) is 9.54. The minimum Gasteiger partial charge on any atom is -0.388 e. The summed E-state index contributed by atoms with van der Waals surface area (Å²) in [5, 5.41) is 13.3. The largest absolute Gasteiger partial charge is 0.388 e. The van der Waals surface area contributed by atoms with Gasteiger partial charge in [-0.1, -0.05) is 12.1 Å². The number of aryl methyl sites for hydroxylation is 1. The van der Waals surface area contributed by atoms with Gasteiger partial charge in [0.15, 0.2) is 0 Å². The number of nitrogens with one attached hydrogen (secondary N) is 1. The number of rotatable bonds is 5. The first-order valence-electron chi connectivity index (χ1n) is 5.84. The molecule has 1 aliphatic carbocycles. The summed E-state index contributed by atoms with van der Waals surface area (Å²) < 4.78 is 13.0. The van der Waals surface area contributed by atoms with E-state index >= 15 is 0 Å². The number of hydrogen-bond donors (Lipinski definition) is 2. The van der Waals surface area contributed by atoms with Crippen molar-refractivity contribution in [2.75, 3.05) is 6.54 Å². The number of halogens is 1. The highest BCUT2D eigenvalue weighted by Gasteiger charge is 2.20. The van der Waals surface area contributed by atoms with Gasteiger partial charge in [-0.2, -0.15) is 0 Å². The highest BCUT2D eigenvalue weighted by molar-refractivity contribution is 5.25. The fourth-order valence-corrected chi connectivity index (χ4v) is 1.75. The molecule has 0 spiro atoms. The van der Waals surface area contributed by atoms with E-state index in [9.17, 15) is 9.50 Å². The molecule has 0 saturated heterocycles. The Bertz CT molecular complexity index is 363. The predicted molar refractivity (Wildman–Crippen MR) is 61.7 cm³/mol. The summed E-state index contributed by atoms with van der Waals surface area (Å²) in [7, 11) is 0. The maximum Gasteiger partial charge on any atom is 0.126 e. The van der Waals surface area contributed by atoms with E-state index in [1.54, 1.807) is 19.1 Å². The third kappa shape index (κ3) is 3.03. The van der Waals surface area contributed by atoms with E-state index in [4.69, 9.17) is 0 Å². The van der Waals surface area contributed by atoms with E-state index in [0.29, 0.717) is 18.0 Å². The van der Waals surface area contributed by atoms with Crippen molar-refractivity contribution in [3.63, 3.8) is 0 Å². The molecule has 1 aromatic rings. The normalized spacial score (nSPS) is 17.4. The molecule has 2 N–H and O–H groups in total. The first kappa shape index (κ1) is 11.6. The Labute approximate surface area is 95.5 Å². The fourth-order valence-electron chi connectivity index (χ4n) is 1.75. The molecule has 1 atom stereocenters. The first-order valence-corrected chi connectivity index (χ1v) is 5.84. The summed E-state index contributed by atoms with van der Waals surface area (Å²) in [6.07, 6.45) is 2.70. The van der Waals surface area contributed by atoms with Crippen LogP contribution in [0.1, 0.15) is 36.5 Å². The summed E-state index contributed by atoms with van der Waals surface area (Å²) >= 11 is 0. The van der Waals surface area contributed by atoms with Crippen molar-refractivity contribution in [1.82, 2.24) is 5.32 Å². The number of aliphatic hydroxyl groups is 1. The summed E-state index contributed by atoms with van der Waals surface area (Å²) in [5.74, 6) is -0.216. The lowest BCUT2D eigenvalue weighted by atomic mass is 10.0. The van der Waals surface area contributed by atoms with Crippen molar-refractivity contribution >= 4 is 0 Å². The molecule has 0 aromatic heterocycles. The van der Waals surface area contributed by atoms with Gasteiger partial charge >= 0.3 is 0 Å². The van der Waals surface area contributed by atoms with Gasteiger partial charge in [0.2, 0.25) is 0 Å². The SMILES string of the molecule is Cc1cc(C(O)CCNC2CC2)ccc1F. The fraction of sp³-hybridized carbons (Fsp3) is 0.538. The van der Waals surface area contributed by atoms with Crippen LogP contribution in [0.15, 0.2) is 18.2 Å². The molecule has 16 heavy (non-hydrogen) atoms. The van der Waals surface area contributed by atoms with Crippen LogP contribution < -0.4 is 5.32 Å². The lowest BCUT2D eigenvalue weighted by Gasteiger charge is -2.12. The van der Waals surface area contributed by atoms with E-state index in [1.165, 1.54) is 18.9 Å². The molecule has 2 rings (SSSR count). The third-order valence-electron chi connectivity index (χ3n) is 2.99. The van der Waals surface area contributed by atoms with Crippen LogP contribution >= 0.6 is 0 Å². The van der Waals surface area contributed by atoms with Crippen molar-refractivity contribution in [3.8, 4) is 0 Å². The van der Waals surface area contributed by atoms with Crippen molar-refractivity contribution in [2.24, 2.45) is 0 Å². The summed E-state index contributed by atoms with van der Waals surface area (Å²) in [5.41, 5.74) is 1.39. The number of aliphatic hydroxyl groups excluding tert-OH is 1. The highest BCUT2D eigenvalue weighted by atomic mass is 19.1. The Balaban J connectivity index is 1.86. The summed E-state index contributed by atoms with van der Waals surface area (Å²) in [6.45, 7) is 2.54. The monoisotopic (exact) mass is 223 g/mol. The second kappa shape index (κ2) is 4.93. The van der Waals surface area contributed by atoms with Gasteiger partial charge in [0.1, 0.15) is 5.82 Å². The highest BCUT2D eigenvalue weighted by Crippen LogP contribution is 2.21. The molecule has 1 aliphatic rings. The van der Waals surface area contributed by atoms with Crippen LogP contribution in [0.3, 0.4) is 0 Å². The molecule has 0 heterocycles. The van der Waals surface area contributed by atoms with Gasteiger partial charge in [0, 0.05) is 6.04 Å². The second-order valence-corrected chi connectivity index (χ2v) is 4.54. The summed E-state index contributed by atoms with van der Waals surface area (Å²) in [6, 6.07) is 5.46. The molecule has 0 bridgehead atoms. The average Bonchev–Trinajstić information content (AvgIpc) is 3.06. The average molecular weight is 223 g/mol. The Hall–Kier alpha value is -0.930. The van der Waals surface area contributed by atoms with Crippen LogP contribution in [0.25, 0.3) is 0 Å². The second-order valence-electron chi connectivity index (χ2n) is 4.54. The zero-order valence-corrected chi connectivity index (χ0v) is 9.54. The molecule has 2 nitrogen and oxygen atoms in total. The van der Waals surface area contributed by atoms with Crippen LogP contribution in [0, 0.1) is 12.7 Å². The number of benzene rings is 1. The predicted octanol–water partition coefficient (Wildman–Crippen LogP) is 2.31. The van der Waals surface area contributed by atoms with Crippen LogP contribution in [0.5, 0.6) is 0 Å². The first-order chi connectivity index (χ1) is 7.66. The lowest BCUT2D eigenvalue weighted by molar-refractivity contribution is 0.166. The Morgan fingerprint density at radius 1 is 1.50 bits per heavy atom. The Morgan fingerprint density at radius 2 is 2.25 bits per heavy atom. The van der Waals surface area contributed by atoms with Gasteiger partial charge in [-0.25, -0.2) is 4.39 Å². The minimum absolute atomic E-state index is 0.216. The van der Waals surface area contributed by atoms with E-state index in [2.05, 4.69) is 5.32 Å². The van der Waals surface area contributed by atoms with Gasteiger partial charge < -0.3 is 10.4 Å². The molecule has 1 saturated carbocycles. The Kier molecular flexibility index (Phi) is 3.56. The molecular weight excluding hydrogens is 205 g/mol. The van der Waals surface area contributed by atoms with Crippen molar-refractivity contribution < 1.29 is 9.50 Å². The van der Waals surface area contributed by atoms with Crippen LogP contribution in [-0.4, -0.2) is 17.7 Å². The minimum atomic E-state index is -0.495. The molecule has 1 unspecified atom stereocenters. The van der Waals surface area contributed by atoms with Crippen molar-refractivity contribution in [1.29, 1.82) is 0 Å². The van der Waals surface area contributed by atoms with Crippen LogP contribution in [-0.2, 0) is 0 Å². The quantitative estimate of drug-likeness (QED) is 0.803. The van der Waals surface area contributed by atoms with Gasteiger partial charge in [-0.05, 0) is 49.9 Å². The maximum absolute atomic E-state index is 13.0. The van der Waals surface area contributed by atoms with E-state index < -0.39 is 6.10 Å². The van der Waals surface area contributed by atoms with Crippen LogP contribution in [0.2, 0.25) is 0 Å². The molecule has 3 heteroatoms. The molecule has 1 aromatic carbocycles. The molecule has 1 fully saturated rings. The molecule has 0 amide bonds. The summed E-state index contributed by atoms with van der Waals surface area (Å²) in [4.78, 5) is 0. The zero-order chi connectivity index (χ0) is 11.5. The maximum atomic E-state index is 13.0. The molecule has 0 aliphatic heterocycles. The Morgan fingerprint density at radius 3 is 2.88 bits per heavy atom. The third-order valence-corrected chi connectivity index (χ3v) is 2.99. The van der Waals surface area contributed by atoms with E-state index in [1.807, 2.05) is 0 Å². The smallest absolute Gasteiger partial charge is 0.126 e. The van der Waals surface area contributed by atoms with Crippen molar-refractivity contribution in [3.05, 3.63) is 35.1 Å². The molecule has 0 radical (unpaired) electrons. The molecular formula is C13H18FNO. The molecule has 88 valence electrons. The van der Waals surface area contributed by atoms with Crippen LogP contribution in [0.4, 0.5) is 4.39 Å². The van der Waals surface area contributed by atoms with E-state index in [0.717, 1.165) is 12.1 Å². The topological polar surface area (TPSA) is 32.3 Å². The van der Waals surface area contributed by atoms with Gasteiger partial charge in [0.05, 0.1) is 6.10 Å². The van der Waals surface area contributed by atoms with E-state index in [-0.39, 0.29) is 5.82 Å².